The Labute approximate surface area is 109 Å². The van der Waals surface area contributed by atoms with E-state index < -0.39 is 0 Å². The first-order valence-electron chi connectivity index (χ1n) is 6.18. The summed E-state index contributed by atoms with van der Waals surface area (Å²) in [4.78, 5) is 2.16. The molecule has 0 bridgehead atoms. The van der Waals surface area contributed by atoms with E-state index in [1.165, 1.54) is 18.4 Å². The van der Waals surface area contributed by atoms with Crippen molar-refractivity contribution < 1.29 is 0 Å². The van der Waals surface area contributed by atoms with Crippen LogP contribution in [-0.4, -0.2) is 31.6 Å². The average molecular weight is 253 g/mol. The van der Waals surface area contributed by atoms with E-state index in [1.807, 2.05) is 12.1 Å². The number of likely N-dealkylation sites (N-methyl/N-ethyl adjacent to an activating group) is 1. The van der Waals surface area contributed by atoms with Gasteiger partial charge in [0.25, 0.3) is 0 Å². The lowest BCUT2D eigenvalue weighted by atomic mass is 9.89. The van der Waals surface area contributed by atoms with Crippen LogP contribution in [0.5, 0.6) is 0 Å². The summed E-state index contributed by atoms with van der Waals surface area (Å²) in [6, 6.07) is 8.52. The SMILES string of the molecule is CN(C)CC(N)CC1(c2ccc(Cl)cc2)CC1. The summed E-state index contributed by atoms with van der Waals surface area (Å²) in [6.07, 6.45) is 3.60. The Balaban J connectivity index is 2.02. The molecule has 1 fully saturated rings. The minimum Gasteiger partial charge on any atom is -0.327 e. The van der Waals surface area contributed by atoms with Crippen LogP contribution in [0, 0.1) is 0 Å². The van der Waals surface area contributed by atoms with Gasteiger partial charge in [0.15, 0.2) is 0 Å². The van der Waals surface area contributed by atoms with Crippen LogP contribution in [-0.2, 0) is 5.41 Å². The maximum absolute atomic E-state index is 6.20. The fraction of sp³-hybridized carbons (Fsp3) is 0.571. The lowest BCUT2D eigenvalue weighted by molar-refractivity contribution is 0.347. The predicted molar refractivity (Wildman–Crippen MR) is 73.5 cm³/mol. The van der Waals surface area contributed by atoms with Crippen molar-refractivity contribution in [2.75, 3.05) is 20.6 Å². The van der Waals surface area contributed by atoms with Crippen LogP contribution in [0.25, 0.3) is 0 Å². The van der Waals surface area contributed by atoms with Crippen molar-refractivity contribution in [3.8, 4) is 0 Å². The van der Waals surface area contributed by atoms with E-state index in [0.29, 0.717) is 5.41 Å². The normalized spacial score (nSPS) is 19.4. The fourth-order valence-electron chi connectivity index (χ4n) is 2.60. The van der Waals surface area contributed by atoms with Gasteiger partial charge in [-0.25, -0.2) is 0 Å². The van der Waals surface area contributed by atoms with Crippen molar-refractivity contribution in [3.05, 3.63) is 34.9 Å². The van der Waals surface area contributed by atoms with Gasteiger partial charge in [-0.05, 0) is 56.5 Å². The third-order valence-electron chi connectivity index (χ3n) is 3.56. The number of benzene rings is 1. The number of nitrogens with two attached hydrogens (primary N) is 1. The molecule has 17 heavy (non-hydrogen) atoms. The van der Waals surface area contributed by atoms with Crippen molar-refractivity contribution >= 4 is 11.6 Å². The Bertz CT molecular complexity index is 368. The van der Waals surface area contributed by atoms with Gasteiger partial charge in [-0.2, -0.15) is 0 Å². The molecule has 1 aromatic carbocycles. The van der Waals surface area contributed by atoms with Crippen LogP contribution in [0.15, 0.2) is 24.3 Å². The topological polar surface area (TPSA) is 29.3 Å². The molecule has 0 amide bonds. The Hall–Kier alpha value is -0.570. The Kier molecular flexibility index (Phi) is 3.76. The maximum atomic E-state index is 6.20. The molecule has 1 unspecified atom stereocenters. The van der Waals surface area contributed by atoms with E-state index in [2.05, 4.69) is 31.1 Å². The summed E-state index contributed by atoms with van der Waals surface area (Å²) in [5.74, 6) is 0. The van der Waals surface area contributed by atoms with Crippen LogP contribution in [0.3, 0.4) is 0 Å². The maximum Gasteiger partial charge on any atom is 0.0406 e. The lowest BCUT2D eigenvalue weighted by Crippen LogP contribution is -2.36. The van der Waals surface area contributed by atoms with Gasteiger partial charge in [-0.1, -0.05) is 23.7 Å². The molecular formula is C14H21ClN2. The third-order valence-corrected chi connectivity index (χ3v) is 3.81. The van der Waals surface area contributed by atoms with E-state index >= 15 is 0 Å². The van der Waals surface area contributed by atoms with Gasteiger partial charge in [-0.15, -0.1) is 0 Å². The molecule has 0 saturated heterocycles. The van der Waals surface area contributed by atoms with Crippen LogP contribution in [0.2, 0.25) is 5.02 Å². The van der Waals surface area contributed by atoms with Crippen LogP contribution in [0.1, 0.15) is 24.8 Å². The number of rotatable bonds is 5. The molecule has 0 heterocycles. The van der Waals surface area contributed by atoms with E-state index in [-0.39, 0.29) is 6.04 Å². The molecule has 1 saturated carbocycles. The summed E-state index contributed by atoms with van der Waals surface area (Å²) in [7, 11) is 4.14. The second kappa shape index (κ2) is 4.97. The van der Waals surface area contributed by atoms with Gasteiger partial charge in [0.1, 0.15) is 0 Å². The molecule has 1 aromatic rings. The number of nitrogens with zero attached hydrogens (tertiary/aromatic N) is 1. The van der Waals surface area contributed by atoms with E-state index in [1.54, 1.807) is 0 Å². The second-order valence-electron chi connectivity index (χ2n) is 5.51. The predicted octanol–water partition coefficient (Wildman–Crippen LogP) is 2.65. The Morgan fingerprint density at radius 2 is 1.88 bits per heavy atom. The monoisotopic (exact) mass is 252 g/mol. The highest BCUT2D eigenvalue weighted by atomic mass is 35.5. The van der Waals surface area contributed by atoms with Crippen molar-refractivity contribution in [1.29, 1.82) is 0 Å². The first-order valence-corrected chi connectivity index (χ1v) is 6.56. The molecule has 1 atom stereocenters. The Morgan fingerprint density at radius 1 is 1.29 bits per heavy atom. The van der Waals surface area contributed by atoms with Gasteiger partial charge in [0.05, 0.1) is 0 Å². The minimum atomic E-state index is 0.253. The highest BCUT2D eigenvalue weighted by Gasteiger charge is 2.44. The van der Waals surface area contributed by atoms with E-state index in [0.717, 1.165) is 18.0 Å². The molecule has 3 heteroatoms. The molecule has 2 rings (SSSR count). The van der Waals surface area contributed by atoms with Crippen molar-refractivity contribution in [3.63, 3.8) is 0 Å². The molecule has 1 aliphatic rings. The van der Waals surface area contributed by atoms with E-state index in [9.17, 15) is 0 Å². The van der Waals surface area contributed by atoms with E-state index in [4.69, 9.17) is 17.3 Å². The quantitative estimate of drug-likeness (QED) is 0.873. The molecule has 2 N–H and O–H groups in total. The number of hydrogen-bond donors (Lipinski definition) is 1. The highest BCUT2D eigenvalue weighted by Crippen LogP contribution is 2.51. The molecule has 0 spiro atoms. The zero-order valence-corrected chi connectivity index (χ0v) is 11.4. The molecule has 0 aliphatic heterocycles. The summed E-state index contributed by atoms with van der Waals surface area (Å²) < 4.78 is 0. The zero-order valence-electron chi connectivity index (χ0n) is 10.6. The standard InChI is InChI=1S/C14H21ClN2/c1-17(2)10-13(16)9-14(7-8-14)11-3-5-12(15)6-4-11/h3-6,13H,7-10,16H2,1-2H3. The Morgan fingerprint density at radius 3 is 2.35 bits per heavy atom. The summed E-state index contributed by atoms with van der Waals surface area (Å²) in [5, 5.41) is 0.808. The molecule has 2 nitrogen and oxygen atoms in total. The first kappa shape index (κ1) is 12.9. The number of hydrogen-bond acceptors (Lipinski definition) is 2. The fourth-order valence-corrected chi connectivity index (χ4v) is 2.73. The zero-order chi connectivity index (χ0) is 12.5. The van der Waals surface area contributed by atoms with Gasteiger partial charge in [0.2, 0.25) is 0 Å². The third kappa shape index (κ3) is 3.21. The first-order chi connectivity index (χ1) is 8.02. The van der Waals surface area contributed by atoms with Crippen LogP contribution >= 0.6 is 11.6 Å². The molecule has 0 radical (unpaired) electrons. The average Bonchev–Trinajstić information content (AvgIpc) is 2.98. The van der Waals surface area contributed by atoms with Gasteiger partial charge >= 0.3 is 0 Å². The van der Waals surface area contributed by atoms with Gasteiger partial charge < -0.3 is 10.6 Å². The van der Waals surface area contributed by atoms with Crippen LogP contribution < -0.4 is 5.73 Å². The lowest BCUT2D eigenvalue weighted by Gasteiger charge is -2.23. The summed E-state index contributed by atoms with van der Waals surface area (Å²) in [5.41, 5.74) is 7.93. The number of halogens is 1. The largest absolute Gasteiger partial charge is 0.327 e. The van der Waals surface area contributed by atoms with Crippen molar-refractivity contribution in [2.24, 2.45) is 5.73 Å². The van der Waals surface area contributed by atoms with Gasteiger partial charge in [0, 0.05) is 17.6 Å². The molecular weight excluding hydrogens is 232 g/mol. The molecule has 94 valence electrons. The molecule has 0 aromatic heterocycles. The van der Waals surface area contributed by atoms with Crippen molar-refractivity contribution in [2.45, 2.75) is 30.7 Å². The van der Waals surface area contributed by atoms with Gasteiger partial charge in [-0.3, -0.25) is 0 Å². The molecule has 1 aliphatic carbocycles. The smallest absolute Gasteiger partial charge is 0.0406 e. The second-order valence-corrected chi connectivity index (χ2v) is 5.95. The van der Waals surface area contributed by atoms with Crippen molar-refractivity contribution in [1.82, 2.24) is 4.90 Å². The highest BCUT2D eigenvalue weighted by molar-refractivity contribution is 6.30. The van der Waals surface area contributed by atoms with Crippen LogP contribution in [0.4, 0.5) is 0 Å². The summed E-state index contributed by atoms with van der Waals surface area (Å²) in [6.45, 7) is 0.954. The minimum absolute atomic E-state index is 0.253. The summed E-state index contributed by atoms with van der Waals surface area (Å²) >= 11 is 5.93.